The van der Waals surface area contributed by atoms with E-state index in [1.54, 1.807) is 23.3 Å². The van der Waals surface area contributed by atoms with E-state index in [4.69, 9.17) is 9.47 Å². The summed E-state index contributed by atoms with van der Waals surface area (Å²) in [4.78, 5) is 31.0. The molecule has 2 heterocycles. The van der Waals surface area contributed by atoms with Gasteiger partial charge < -0.3 is 19.3 Å². The summed E-state index contributed by atoms with van der Waals surface area (Å²) >= 11 is 1.73. The Kier molecular flexibility index (Phi) is 6.51. The molecule has 1 aromatic heterocycles. The Morgan fingerprint density at radius 1 is 1.23 bits per heavy atom. The predicted molar refractivity (Wildman–Crippen MR) is 121 cm³/mol. The van der Waals surface area contributed by atoms with E-state index in [2.05, 4.69) is 11.4 Å². The van der Waals surface area contributed by atoms with Crippen molar-refractivity contribution in [2.24, 2.45) is 5.92 Å². The van der Waals surface area contributed by atoms with Crippen LogP contribution >= 0.6 is 11.3 Å². The molecule has 2 aromatic rings. The quantitative estimate of drug-likeness (QED) is 0.622. The fourth-order valence-corrected chi connectivity index (χ4v) is 5.01. The van der Waals surface area contributed by atoms with Crippen LogP contribution in [0.2, 0.25) is 0 Å². The molecule has 31 heavy (non-hydrogen) atoms. The average molecular weight is 443 g/mol. The summed E-state index contributed by atoms with van der Waals surface area (Å²) in [5.74, 6) is 1.40. The van der Waals surface area contributed by atoms with E-state index < -0.39 is 0 Å². The lowest BCUT2D eigenvalue weighted by Crippen LogP contribution is -2.49. The lowest BCUT2D eigenvalue weighted by molar-refractivity contribution is -0.144. The van der Waals surface area contributed by atoms with Gasteiger partial charge in [0.05, 0.1) is 13.2 Å². The average Bonchev–Trinajstić information content (AvgIpc) is 3.51. The minimum absolute atomic E-state index is 0.00278. The van der Waals surface area contributed by atoms with Crippen molar-refractivity contribution < 1.29 is 19.1 Å². The number of thiophene rings is 1. The molecular formula is C24H30N2O4S. The summed E-state index contributed by atoms with van der Waals surface area (Å²) in [7, 11) is 1.63. The third-order valence-electron chi connectivity index (χ3n) is 5.93. The maximum Gasteiger partial charge on any atom is 0.242 e. The lowest BCUT2D eigenvalue weighted by Gasteiger charge is -2.37. The van der Waals surface area contributed by atoms with Crippen molar-refractivity contribution in [3.8, 4) is 11.5 Å². The van der Waals surface area contributed by atoms with E-state index >= 15 is 0 Å². The summed E-state index contributed by atoms with van der Waals surface area (Å²) in [5.41, 5.74) is 1.15. The molecule has 0 saturated heterocycles. The Labute approximate surface area is 187 Å². The highest BCUT2D eigenvalue weighted by Gasteiger charge is 2.38. The van der Waals surface area contributed by atoms with E-state index in [0.29, 0.717) is 18.9 Å². The minimum atomic E-state index is -0.163. The summed E-state index contributed by atoms with van der Waals surface area (Å²) in [6, 6.07) is 9.65. The molecule has 1 aromatic carbocycles. The lowest BCUT2D eigenvalue weighted by atomic mass is 10.00. The number of ether oxygens (including phenoxy) is 2. The fraction of sp³-hybridized carbons (Fsp3) is 0.500. The van der Waals surface area contributed by atoms with Crippen molar-refractivity contribution in [1.82, 2.24) is 9.80 Å². The molecule has 1 fully saturated rings. The number of benzene rings is 1. The van der Waals surface area contributed by atoms with E-state index in [1.165, 1.54) is 4.88 Å². The van der Waals surface area contributed by atoms with Gasteiger partial charge in [0.1, 0.15) is 24.7 Å². The van der Waals surface area contributed by atoms with Gasteiger partial charge >= 0.3 is 0 Å². The largest absolute Gasteiger partial charge is 0.497 e. The number of nitrogens with zero attached hydrogens (tertiary/aromatic N) is 2. The van der Waals surface area contributed by atoms with Gasteiger partial charge in [-0.15, -0.1) is 11.3 Å². The zero-order valence-corrected chi connectivity index (χ0v) is 19.2. The van der Waals surface area contributed by atoms with Crippen LogP contribution in [0.5, 0.6) is 11.5 Å². The Bertz CT molecular complexity index is 937. The van der Waals surface area contributed by atoms with Gasteiger partial charge in [-0.3, -0.25) is 9.59 Å². The summed E-state index contributed by atoms with van der Waals surface area (Å²) in [6.45, 7) is 4.95. The molecule has 0 radical (unpaired) electrons. The van der Waals surface area contributed by atoms with Crippen molar-refractivity contribution in [3.05, 3.63) is 46.2 Å². The van der Waals surface area contributed by atoms with Gasteiger partial charge in [-0.1, -0.05) is 19.9 Å². The number of methoxy groups -OCH3 is 1. The molecule has 1 atom stereocenters. The van der Waals surface area contributed by atoms with E-state index in [-0.39, 0.29) is 36.4 Å². The first kappa shape index (κ1) is 21.7. The molecule has 6 nitrogen and oxygen atoms in total. The van der Waals surface area contributed by atoms with Gasteiger partial charge in [0, 0.05) is 29.4 Å². The third kappa shape index (κ3) is 4.87. The molecule has 166 valence electrons. The summed E-state index contributed by atoms with van der Waals surface area (Å²) < 4.78 is 11.4. The minimum Gasteiger partial charge on any atom is -0.497 e. The van der Waals surface area contributed by atoms with Gasteiger partial charge in [0.15, 0.2) is 0 Å². The molecule has 0 spiro atoms. The number of amides is 2. The second kappa shape index (κ2) is 9.30. The van der Waals surface area contributed by atoms with Gasteiger partial charge in [-0.2, -0.15) is 0 Å². The van der Waals surface area contributed by atoms with Gasteiger partial charge in [0.25, 0.3) is 0 Å². The fourth-order valence-electron chi connectivity index (χ4n) is 4.08. The monoisotopic (exact) mass is 442 g/mol. The zero-order chi connectivity index (χ0) is 22.0. The molecule has 1 aliphatic carbocycles. The van der Waals surface area contributed by atoms with E-state index in [0.717, 1.165) is 30.6 Å². The molecule has 0 N–H and O–H groups in total. The molecule has 7 heteroatoms. The van der Waals surface area contributed by atoms with Crippen LogP contribution in [-0.2, 0) is 16.0 Å². The Morgan fingerprint density at radius 2 is 2.00 bits per heavy atom. The topological polar surface area (TPSA) is 59.1 Å². The number of fused-ring (bicyclic) bond motifs is 1. The number of rotatable bonds is 8. The van der Waals surface area contributed by atoms with Crippen molar-refractivity contribution in [1.29, 1.82) is 0 Å². The second-order valence-corrected chi connectivity index (χ2v) is 9.49. The van der Waals surface area contributed by atoms with Crippen molar-refractivity contribution in [2.45, 2.75) is 45.2 Å². The molecule has 4 rings (SSSR count). The number of carbonyl (C=O) groups is 2. The Balaban J connectivity index is 1.51. The van der Waals surface area contributed by atoms with Gasteiger partial charge in [-0.05, 0) is 48.4 Å². The Morgan fingerprint density at radius 3 is 2.71 bits per heavy atom. The molecule has 1 aliphatic heterocycles. The maximum absolute atomic E-state index is 13.4. The molecule has 0 bridgehead atoms. The van der Waals surface area contributed by atoms with Crippen LogP contribution in [0.1, 0.15) is 43.2 Å². The standard InChI is InChI=1S/C24H30N2O4S/c1-16(2)24(28)26(17-7-8-17)14-23(27)25-11-9-22-20(10-12-31-22)21(25)15-30-19-6-4-5-18(13-19)29-3/h4-6,10,12-13,16-17,21H,7-9,11,14-15H2,1-3H3/t21-/m1/s1. The Hall–Kier alpha value is -2.54. The van der Waals surface area contributed by atoms with Crippen LogP contribution in [-0.4, -0.2) is 54.5 Å². The second-order valence-electron chi connectivity index (χ2n) is 8.49. The highest BCUT2D eigenvalue weighted by molar-refractivity contribution is 7.10. The maximum atomic E-state index is 13.4. The van der Waals surface area contributed by atoms with Crippen molar-refractivity contribution in [3.63, 3.8) is 0 Å². The first-order valence-electron chi connectivity index (χ1n) is 10.9. The van der Waals surface area contributed by atoms with Crippen molar-refractivity contribution >= 4 is 23.2 Å². The molecule has 0 unspecified atom stereocenters. The number of carbonyl (C=O) groups excluding carboxylic acids is 2. The van der Waals surface area contributed by atoms with Crippen LogP contribution in [0.3, 0.4) is 0 Å². The zero-order valence-electron chi connectivity index (χ0n) is 18.4. The molecule has 2 aliphatic rings. The number of hydrogen-bond acceptors (Lipinski definition) is 5. The first-order valence-corrected chi connectivity index (χ1v) is 11.8. The smallest absolute Gasteiger partial charge is 0.242 e. The molecule has 2 amide bonds. The normalized spacial score (nSPS) is 17.9. The SMILES string of the molecule is COc1cccc(OC[C@@H]2c3ccsc3CCN2C(=O)CN(C(=O)C(C)C)C2CC2)c1. The number of hydrogen-bond donors (Lipinski definition) is 0. The van der Waals surface area contributed by atoms with Crippen LogP contribution < -0.4 is 9.47 Å². The first-order chi connectivity index (χ1) is 15.0. The molecular weight excluding hydrogens is 412 g/mol. The van der Waals surface area contributed by atoms with Gasteiger partial charge in [-0.25, -0.2) is 0 Å². The van der Waals surface area contributed by atoms with Crippen LogP contribution in [0.25, 0.3) is 0 Å². The van der Waals surface area contributed by atoms with Crippen LogP contribution in [0, 0.1) is 5.92 Å². The van der Waals surface area contributed by atoms with Crippen molar-refractivity contribution in [2.75, 3.05) is 26.8 Å². The summed E-state index contributed by atoms with van der Waals surface area (Å²) in [6.07, 6.45) is 2.82. The van der Waals surface area contributed by atoms with E-state index in [9.17, 15) is 9.59 Å². The predicted octanol–water partition coefficient (Wildman–Crippen LogP) is 3.91. The van der Waals surface area contributed by atoms with Gasteiger partial charge in [0.2, 0.25) is 11.8 Å². The highest BCUT2D eigenvalue weighted by atomic mass is 32.1. The third-order valence-corrected chi connectivity index (χ3v) is 6.93. The summed E-state index contributed by atoms with van der Waals surface area (Å²) in [5, 5.41) is 2.08. The van der Waals surface area contributed by atoms with E-state index in [1.807, 2.05) is 43.0 Å². The van der Waals surface area contributed by atoms with Crippen LogP contribution in [0.4, 0.5) is 0 Å². The molecule has 1 saturated carbocycles. The highest BCUT2D eigenvalue weighted by Crippen LogP contribution is 2.35. The van der Waals surface area contributed by atoms with Crippen LogP contribution in [0.15, 0.2) is 35.7 Å².